The van der Waals surface area contributed by atoms with Crippen LogP contribution in [0.15, 0.2) is 53.4 Å². The number of anilines is 1. The number of ether oxygens (including phenoxy) is 1. The van der Waals surface area contributed by atoms with Crippen molar-refractivity contribution in [3.05, 3.63) is 59.1 Å². The Kier molecular flexibility index (Phi) is 5.23. The molecule has 0 atom stereocenters. The molecule has 0 aromatic heterocycles. The van der Waals surface area contributed by atoms with E-state index in [0.717, 1.165) is 5.56 Å². The molecule has 2 aromatic carbocycles. The second-order valence-corrected chi connectivity index (χ2v) is 8.28. The van der Waals surface area contributed by atoms with Crippen LogP contribution in [0.3, 0.4) is 0 Å². The molecule has 1 amide bonds. The first kappa shape index (κ1) is 19.3. The fourth-order valence-corrected chi connectivity index (χ4v) is 3.34. The van der Waals surface area contributed by atoms with E-state index in [4.69, 9.17) is 21.5 Å². The predicted molar refractivity (Wildman–Crippen MR) is 99.8 cm³/mol. The van der Waals surface area contributed by atoms with Gasteiger partial charge in [-0.2, -0.15) is 0 Å². The van der Waals surface area contributed by atoms with Gasteiger partial charge in [-0.25, -0.2) is 13.6 Å². The van der Waals surface area contributed by atoms with E-state index in [0.29, 0.717) is 23.6 Å². The lowest BCUT2D eigenvalue weighted by molar-refractivity contribution is -0.150. The molecule has 1 fully saturated rings. The highest BCUT2D eigenvalue weighted by molar-refractivity contribution is 7.89. The number of carbonyl (C=O) groups excluding carboxylic acids is 2. The van der Waals surface area contributed by atoms with Crippen LogP contribution in [0.2, 0.25) is 5.02 Å². The Morgan fingerprint density at radius 1 is 1.07 bits per heavy atom. The maximum Gasteiger partial charge on any atom is 0.317 e. The van der Waals surface area contributed by atoms with Crippen LogP contribution in [0.25, 0.3) is 0 Å². The third-order valence-corrected chi connectivity index (χ3v) is 5.52. The van der Waals surface area contributed by atoms with Crippen LogP contribution < -0.4 is 10.5 Å². The van der Waals surface area contributed by atoms with Crippen molar-refractivity contribution >= 4 is 39.2 Å². The maximum atomic E-state index is 12.4. The molecule has 0 radical (unpaired) electrons. The molecule has 1 aliphatic rings. The van der Waals surface area contributed by atoms with Gasteiger partial charge in [0.2, 0.25) is 10.0 Å². The number of benzene rings is 2. The zero-order valence-corrected chi connectivity index (χ0v) is 15.7. The van der Waals surface area contributed by atoms with E-state index in [2.05, 4.69) is 5.32 Å². The molecule has 1 aliphatic carbocycles. The summed E-state index contributed by atoms with van der Waals surface area (Å²) in [6.07, 6.45) is 1.31. The smallest absolute Gasteiger partial charge is 0.317 e. The van der Waals surface area contributed by atoms with Crippen molar-refractivity contribution < 1.29 is 22.7 Å². The average Bonchev–Trinajstić information content (AvgIpc) is 3.42. The number of hydrogen-bond donors (Lipinski definition) is 2. The fraction of sp³-hybridized carbons (Fsp3) is 0.222. The molecule has 1 saturated carbocycles. The molecule has 0 spiro atoms. The lowest BCUT2D eigenvalue weighted by atomic mass is 9.96. The Hall–Kier alpha value is -2.42. The van der Waals surface area contributed by atoms with Gasteiger partial charge in [-0.15, -0.1) is 0 Å². The number of nitrogens with one attached hydrogen (secondary N) is 1. The summed E-state index contributed by atoms with van der Waals surface area (Å²) in [5.41, 5.74) is 0.473. The third-order valence-electron chi connectivity index (χ3n) is 4.34. The summed E-state index contributed by atoms with van der Waals surface area (Å²) in [7, 11) is -3.80. The minimum Gasteiger partial charge on any atom is -0.455 e. The summed E-state index contributed by atoms with van der Waals surface area (Å²) in [6.45, 7) is -0.439. The van der Waals surface area contributed by atoms with Crippen LogP contribution in [0.4, 0.5) is 5.69 Å². The summed E-state index contributed by atoms with van der Waals surface area (Å²) < 4.78 is 27.6. The van der Waals surface area contributed by atoms with Crippen LogP contribution in [0, 0.1) is 0 Å². The highest BCUT2D eigenvalue weighted by Gasteiger charge is 2.52. The molecule has 7 nitrogen and oxygen atoms in total. The van der Waals surface area contributed by atoms with E-state index < -0.39 is 33.9 Å². The van der Waals surface area contributed by atoms with E-state index in [1.165, 1.54) is 24.3 Å². The Morgan fingerprint density at radius 2 is 1.67 bits per heavy atom. The van der Waals surface area contributed by atoms with Crippen LogP contribution >= 0.6 is 11.6 Å². The van der Waals surface area contributed by atoms with Crippen molar-refractivity contribution in [1.82, 2.24) is 0 Å². The van der Waals surface area contributed by atoms with Gasteiger partial charge >= 0.3 is 5.97 Å². The Labute approximate surface area is 161 Å². The zero-order chi connectivity index (χ0) is 19.7. The van der Waals surface area contributed by atoms with Crippen molar-refractivity contribution in [3.63, 3.8) is 0 Å². The van der Waals surface area contributed by atoms with Gasteiger partial charge in [0.25, 0.3) is 5.91 Å². The lowest BCUT2D eigenvalue weighted by Crippen LogP contribution is -2.28. The van der Waals surface area contributed by atoms with Gasteiger partial charge in [0, 0.05) is 10.7 Å². The summed E-state index contributed by atoms with van der Waals surface area (Å²) >= 11 is 5.87. The van der Waals surface area contributed by atoms with Crippen LogP contribution in [0.1, 0.15) is 18.4 Å². The minimum absolute atomic E-state index is 0.0643. The molecule has 0 aliphatic heterocycles. The second-order valence-electron chi connectivity index (χ2n) is 6.28. The number of amides is 1. The Morgan fingerprint density at radius 3 is 2.19 bits per heavy atom. The molecule has 3 N–H and O–H groups in total. The quantitative estimate of drug-likeness (QED) is 0.711. The minimum atomic E-state index is -3.80. The highest BCUT2D eigenvalue weighted by Crippen LogP contribution is 2.49. The molecule has 2 aromatic rings. The van der Waals surface area contributed by atoms with E-state index in [9.17, 15) is 18.0 Å². The number of halogens is 1. The molecule has 0 bridgehead atoms. The fourth-order valence-electron chi connectivity index (χ4n) is 2.70. The van der Waals surface area contributed by atoms with Gasteiger partial charge in [0.1, 0.15) is 0 Å². The van der Waals surface area contributed by atoms with Gasteiger partial charge in [0.15, 0.2) is 6.61 Å². The number of carbonyl (C=O) groups is 2. The molecule has 27 heavy (non-hydrogen) atoms. The Bertz CT molecular complexity index is 968. The van der Waals surface area contributed by atoms with Crippen molar-refractivity contribution in [3.8, 4) is 0 Å². The van der Waals surface area contributed by atoms with Gasteiger partial charge in [0.05, 0.1) is 10.3 Å². The molecule has 0 unspecified atom stereocenters. The molecule has 142 valence electrons. The molecular weight excluding hydrogens is 392 g/mol. The lowest BCUT2D eigenvalue weighted by Gasteiger charge is -2.15. The molecule has 0 saturated heterocycles. The van der Waals surface area contributed by atoms with Crippen LogP contribution in [-0.4, -0.2) is 26.9 Å². The first-order valence-corrected chi connectivity index (χ1v) is 9.99. The zero-order valence-electron chi connectivity index (χ0n) is 14.1. The normalized spacial score (nSPS) is 15.0. The highest BCUT2D eigenvalue weighted by atomic mass is 35.5. The number of sulfonamides is 1. The van der Waals surface area contributed by atoms with Crippen molar-refractivity contribution in [1.29, 1.82) is 0 Å². The molecule has 0 heterocycles. The van der Waals surface area contributed by atoms with E-state index in [1.807, 2.05) is 0 Å². The van der Waals surface area contributed by atoms with Gasteiger partial charge < -0.3 is 10.1 Å². The summed E-state index contributed by atoms with van der Waals surface area (Å²) in [5, 5.41) is 8.12. The van der Waals surface area contributed by atoms with Crippen molar-refractivity contribution in [2.24, 2.45) is 5.14 Å². The number of esters is 1. The number of hydrogen-bond acceptors (Lipinski definition) is 5. The number of rotatable bonds is 6. The topological polar surface area (TPSA) is 116 Å². The SMILES string of the molecule is NS(=O)(=O)c1ccc(NC(=O)COC(=O)C2(c3ccc(Cl)cc3)CC2)cc1. The molecule has 9 heteroatoms. The summed E-state index contributed by atoms with van der Waals surface area (Å²) in [6, 6.07) is 12.3. The van der Waals surface area contributed by atoms with Crippen molar-refractivity contribution in [2.45, 2.75) is 23.2 Å². The van der Waals surface area contributed by atoms with E-state index >= 15 is 0 Å². The summed E-state index contributed by atoms with van der Waals surface area (Å²) in [5.74, 6) is -0.983. The summed E-state index contributed by atoms with van der Waals surface area (Å²) in [4.78, 5) is 24.3. The first-order chi connectivity index (χ1) is 12.7. The molecule has 3 rings (SSSR count). The standard InChI is InChI=1S/C18H17ClN2O5S/c19-13-3-1-12(2-4-13)18(9-10-18)17(23)26-11-16(22)21-14-5-7-15(8-6-14)27(20,24)25/h1-8H,9-11H2,(H,21,22)(H2,20,24,25). The van der Waals surface area contributed by atoms with Gasteiger partial charge in [-0.1, -0.05) is 23.7 Å². The number of nitrogens with two attached hydrogens (primary N) is 1. The number of primary sulfonamides is 1. The largest absolute Gasteiger partial charge is 0.455 e. The van der Waals surface area contributed by atoms with Crippen molar-refractivity contribution in [2.75, 3.05) is 11.9 Å². The average molecular weight is 409 g/mol. The van der Waals surface area contributed by atoms with E-state index in [-0.39, 0.29) is 4.90 Å². The maximum absolute atomic E-state index is 12.4. The van der Waals surface area contributed by atoms with Crippen LogP contribution in [0.5, 0.6) is 0 Å². The van der Waals surface area contributed by atoms with Gasteiger partial charge in [-0.3, -0.25) is 9.59 Å². The monoisotopic (exact) mass is 408 g/mol. The Balaban J connectivity index is 1.56. The molecular formula is C18H17ClN2O5S. The predicted octanol–water partition coefficient (Wildman–Crippen LogP) is 2.20. The second kappa shape index (κ2) is 7.30. The van der Waals surface area contributed by atoms with Crippen LogP contribution in [-0.2, 0) is 29.8 Å². The third kappa shape index (κ3) is 4.47. The first-order valence-electron chi connectivity index (χ1n) is 8.07. The van der Waals surface area contributed by atoms with E-state index in [1.54, 1.807) is 24.3 Å². The van der Waals surface area contributed by atoms with Gasteiger partial charge in [-0.05, 0) is 54.8 Å².